The van der Waals surface area contributed by atoms with Gasteiger partial charge in [-0.25, -0.2) is 0 Å². The summed E-state index contributed by atoms with van der Waals surface area (Å²) in [6.45, 7) is 0. The zero-order chi connectivity index (χ0) is 35.8. The fourth-order valence-electron chi connectivity index (χ4n) is 8.28. The van der Waals surface area contributed by atoms with Crippen molar-refractivity contribution in [2.75, 3.05) is 0 Å². The molecule has 54 heavy (non-hydrogen) atoms. The largest absolute Gasteiger partial charge is 0.309 e. The van der Waals surface area contributed by atoms with E-state index in [1.54, 1.807) is 11.3 Å². The van der Waals surface area contributed by atoms with Crippen LogP contribution in [0.15, 0.2) is 188 Å². The zero-order valence-electron chi connectivity index (χ0n) is 29.1. The van der Waals surface area contributed by atoms with E-state index in [2.05, 4.69) is 188 Å². The lowest BCUT2D eigenvalue weighted by Gasteiger charge is -2.23. The number of hydrogen-bond acceptors (Lipinski definition) is 3. The van der Waals surface area contributed by atoms with E-state index in [-0.39, 0.29) is 0 Å². The maximum atomic E-state index is 16.4. The third-order valence-corrected chi connectivity index (χ3v) is 16.4. The van der Waals surface area contributed by atoms with E-state index in [4.69, 9.17) is 0 Å². The summed E-state index contributed by atoms with van der Waals surface area (Å²) >= 11 is 3.65. The molecule has 0 fully saturated rings. The summed E-state index contributed by atoms with van der Waals surface area (Å²) in [5.41, 5.74) is 4.84. The zero-order valence-corrected chi connectivity index (χ0v) is 31.6. The molecule has 1 nitrogen and oxygen atoms in total. The molecule has 0 aliphatic rings. The van der Waals surface area contributed by atoms with Crippen LogP contribution in [0.3, 0.4) is 0 Å². The summed E-state index contributed by atoms with van der Waals surface area (Å²) in [6.07, 6.45) is 0. The Bertz CT molecular complexity index is 3220. The van der Waals surface area contributed by atoms with Gasteiger partial charge in [0.25, 0.3) is 0 Å². The van der Waals surface area contributed by atoms with Crippen LogP contribution in [0.4, 0.5) is 0 Å². The highest BCUT2D eigenvalue weighted by molar-refractivity contribution is 7.86. The van der Waals surface area contributed by atoms with Gasteiger partial charge in [0.1, 0.15) is 0 Å². The lowest BCUT2D eigenvalue weighted by Crippen LogP contribution is -2.26. The summed E-state index contributed by atoms with van der Waals surface area (Å²) < 4.78 is 21.4. The lowest BCUT2D eigenvalue weighted by molar-refractivity contribution is 0.593. The van der Waals surface area contributed by atoms with E-state index in [1.807, 2.05) is 11.3 Å². The SMILES string of the molecule is O=P(c1ccc2sc3ccc(-c4ccc5sc6ccc(-c7ccccc7)cc6c5c4)cc3c2c1)(c1cccc2ccccc12)c1cccc2ccccc12. The van der Waals surface area contributed by atoms with Crippen LogP contribution in [0.1, 0.15) is 0 Å². The van der Waals surface area contributed by atoms with Gasteiger partial charge in [-0.2, -0.15) is 0 Å². The molecule has 2 heterocycles. The molecular weight excluding hydrogens is 712 g/mol. The van der Waals surface area contributed by atoms with Crippen molar-refractivity contribution < 1.29 is 4.57 Å². The number of hydrogen-bond donors (Lipinski definition) is 0. The molecule has 11 aromatic rings. The minimum absolute atomic E-state index is 0.855. The van der Waals surface area contributed by atoms with Gasteiger partial charge in [0.15, 0.2) is 7.14 Å². The monoisotopic (exact) mass is 742 g/mol. The van der Waals surface area contributed by atoms with Gasteiger partial charge >= 0.3 is 0 Å². The van der Waals surface area contributed by atoms with Crippen LogP contribution < -0.4 is 15.9 Å². The Hall–Kier alpha value is -5.83. The molecule has 2 aromatic heterocycles. The first kappa shape index (κ1) is 31.7. The van der Waals surface area contributed by atoms with E-state index in [9.17, 15) is 0 Å². The molecule has 9 aromatic carbocycles. The van der Waals surface area contributed by atoms with E-state index in [1.165, 1.54) is 57.2 Å². The molecule has 254 valence electrons. The van der Waals surface area contributed by atoms with Gasteiger partial charge < -0.3 is 4.57 Å². The minimum Gasteiger partial charge on any atom is -0.309 e. The molecule has 0 bridgehead atoms. The number of benzene rings is 9. The van der Waals surface area contributed by atoms with Crippen molar-refractivity contribution >= 4 is 108 Å². The van der Waals surface area contributed by atoms with Gasteiger partial charge in [-0.15, -0.1) is 22.7 Å². The van der Waals surface area contributed by atoms with Crippen molar-refractivity contribution in [3.63, 3.8) is 0 Å². The molecule has 0 saturated heterocycles. The smallest absolute Gasteiger partial charge is 0.172 e. The quantitative estimate of drug-likeness (QED) is 0.161. The van der Waals surface area contributed by atoms with Crippen molar-refractivity contribution in [2.45, 2.75) is 0 Å². The second-order valence-corrected chi connectivity index (χ2v) is 18.9. The first-order chi connectivity index (χ1) is 26.6. The van der Waals surface area contributed by atoms with E-state index in [0.29, 0.717) is 0 Å². The Morgan fingerprint density at radius 3 is 1.24 bits per heavy atom. The Labute approximate surface area is 320 Å². The van der Waals surface area contributed by atoms with E-state index >= 15 is 4.57 Å². The molecular formula is C50H31OPS2. The average molecular weight is 743 g/mol. The Morgan fingerprint density at radius 2 is 0.722 bits per heavy atom. The number of fused-ring (bicyclic) bond motifs is 8. The fraction of sp³-hybridized carbons (Fsp3) is 0. The molecule has 0 unspecified atom stereocenters. The van der Waals surface area contributed by atoms with Gasteiger partial charge in [0, 0.05) is 56.3 Å². The predicted molar refractivity (Wildman–Crippen MR) is 237 cm³/mol. The third-order valence-electron chi connectivity index (χ3n) is 10.9. The second kappa shape index (κ2) is 12.4. The number of rotatable bonds is 5. The van der Waals surface area contributed by atoms with E-state index < -0.39 is 7.14 Å². The maximum Gasteiger partial charge on any atom is 0.172 e. The van der Waals surface area contributed by atoms with Crippen LogP contribution in [-0.4, -0.2) is 0 Å². The van der Waals surface area contributed by atoms with Crippen molar-refractivity contribution in [2.24, 2.45) is 0 Å². The van der Waals surface area contributed by atoms with Gasteiger partial charge in [-0.1, -0.05) is 133 Å². The van der Waals surface area contributed by atoms with Crippen LogP contribution in [0.2, 0.25) is 0 Å². The molecule has 4 heteroatoms. The average Bonchev–Trinajstić information content (AvgIpc) is 3.80. The highest BCUT2D eigenvalue weighted by Crippen LogP contribution is 2.48. The standard InChI is InChI=1S/C50H31OPS2/c51-52(45-18-8-14-33-12-4-6-16-39(33)45,46-19-9-15-34-13-5-7-17-40(34)46)38-23-27-50-44(31-38)43-30-37(22-26-49(43)54-50)36-21-25-48-42(29-36)41-28-35(20-24-47(41)53-48)32-10-2-1-3-11-32/h1-31H. The van der Waals surface area contributed by atoms with Gasteiger partial charge in [0.05, 0.1) is 0 Å². The molecule has 0 spiro atoms. The minimum atomic E-state index is -3.36. The third kappa shape index (κ3) is 4.93. The van der Waals surface area contributed by atoms with E-state index in [0.717, 1.165) is 42.8 Å². The predicted octanol–water partition coefficient (Wildman–Crippen LogP) is 13.7. The van der Waals surface area contributed by atoms with Crippen molar-refractivity contribution in [1.82, 2.24) is 0 Å². The molecule has 0 aliphatic carbocycles. The molecule has 0 radical (unpaired) electrons. The molecule has 0 N–H and O–H groups in total. The highest BCUT2D eigenvalue weighted by Gasteiger charge is 2.33. The van der Waals surface area contributed by atoms with Crippen molar-refractivity contribution in [3.8, 4) is 22.3 Å². The van der Waals surface area contributed by atoms with Crippen LogP contribution in [-0.2, 0) is 4.57 Å². The Kier molecular flexibility index (Phi) is 7.25. The van der Waals surface area contributed by atoms with Gasteiger partial charge in [-0.3, -0.25) is 0 Å². The van der Waals surface area contributed by atoms with Gasteiger partial charge in [-0.05, 0) is 98.4 Å². The van der Waals surface area contributed by atoms with Crippen LogP contribution in [0, 0.1) is 0 Å². The second-order valence-electron chi connectivity index (χ2n) is 14.0. The van der Waals surface area contributed by atoms with Crippen molar-refractivity contribution in [1.29, 1.82) is 0 Å². The normalized spacial score (nSPS) is 12.1. The van der Waals surface area contributed by atoms with Crippen LogP contribution in [0.5, 0.6) is 0 Å². The Morgan fingerprint density at radius 1 is 0.315 bits per heavy atom. The molecule has 0 atom stereocenters. The molecule has 11 rings (SSSR count). The van der Waals surface area contributed by atoms with Gasteiger partial charge in [0.2, 0.25) is 0 Å². The van der Waals surface area contributed by atoms with Crippen LogP contribution >= 0.6 is 29.8 Å². The first-order valence-corrected chi connectivity index (χ1v) is 21.5. The summed E-state index contributed by atoms with van der Waals surface area (Å²) in [5, 5.41) is 11.8. The highest BCUT2D eigenvalue weighted by atomic mass is 32.1. The summed E-state index contributed by atoms with van der Waals surface area (Å²) in [5.74, 6) is 0. The molecule has 0 saturated carbocycles. The molecule has 0 aliphatic heterocycles. The summed E-state index contributed by atoms with van der Waals surface area (Å²) in [4.78, 5) is 0. The fourth-order valence-corrected chi connectivity index (χ4v) is 13.5. The van der Waals surface area contributed by atoms with Crippen LogP contribution in [0.25, 0.3) is 84.1 Å². The topological polar surface area (TPSA) is 17.1 Å². The summed E-state index contributed by atoms with van der Waals surface area (Å²) in [7, 11) is -3.36. The molecule has 0 amide bonds. The van der Waals surface area contributed by atoms with Crippen molar-refractivity contribution in [3.05, 3.63) is 188 Å². The Balaban J connectivity index is 1.10. The number of thiophene rings is 2. The maximum absolute atomic E-state index is 16.4. The summed E-state index contributed by atoms with van der Waals surface area (Å²) in [6, 6.07) is 66.9. The first-order valence-electron chi connectivity index (χ1n) is 18.2. The lowest BCUT2D eigenvalue weighted by atomic mass is 9.99.